The third-order valence-electron chi connectivity index (χ3n) is 3.48. The zero-order valence-corrected chi connectivity index (χ0v) is 14.1. The van der Waals surface area contributed by atoms with Crippen LogP contribution in [0, 0.1) is 0 Å². The predicted molar refractivity (Wildman–Crippen MR) is 95.5 cm³/mol. The van der Waals surface area contributed by atoms with Crippen molar-refractivity contribution in [3.8, 4) is 0 Å². The van der Waals surface area contributed by atoms with Gasteiger partial charge >= 0.3 is 0 Å². The van der Waals surface area contributed by atoms with Crippen LogP contribution >= 0.6 is 35.4 Å². The van der Waals surface area contributed by atoms with Crippen molar-refractivity contribution in [1.82, 2.24) is 9.88 Å². The Bertz CT molecular complexity index is 674. The molecule has 1 aliphatic rings. The third-order valence-corrected chi connectivity index (χ3v) is 4.55. The molecule has 0 unspecified atom stereocenters. The van der Waals surface area contributed by atoms with Gasteiger partial charge in [0.2, 0.25) is 0 Å². The fourth-order valence-electron chi connectivity index (χ4n) is 2.19. The molecule has 1 aromatic carbocycles. The van der Waals surface area contributed by atoms with Crippen molar-refractivity contribution >= 4 is 46.2 Å². The number of halogens is 2. The molecule has 0 bridgehead atoms. The van der Waals surface area contributed by atoms with Gasteiger partial charge in [0.15, 0.2) is 5.11 Å². The maximum Gasteiger partial charge on any atom is 0.174 e. The summed E-state index contributed by atoms with van der Waals surface area (Å²) in [5.41, 5.74) is 1.85. The number of rotatable bonds is 4. The van der Waals surface area contributed by atoms with Gasteiger partial charge in [-0.1, -0.05) is 29.3 Å². The number of nitrogens with zero attached hydrogens (tertiary/aromatic N) is 2. The molecule has 1 saturated carbocycles. The quantitative estimate of drug-likeness (QED) is 0.804. The Labute approximate surface area is 145 Å². The molecule has 3 rings (SSSR count). The number of hydrogen-bond donors (Lipinski definition) is 1. The zero-order valence-electron chi connectivity index (χ0n) is 11.8. The average Bonchev–Trinajstić information content (AvgIpc) is 3.34. The fourth-order valence-corrected chi connectivity index (χ4v) is 2.82. The number of hydrogen-bond acceptors (Lipinski definition) is 2. The SMILES string of the molecule is S=C(Nc1ccc(Cl)c(Cl)c1)N(Cc1ccccn1)C1CC1. The first-order chi connectivity index (χ1) is 10.6. The van der Waals surface area contributed by atoms with Crippen LogP contribution in [0.2, 0.25) is 10.0 Å². The summed E-state index contributed by atoms with van der Waals surface area (Å²) in [4.78, 5) is 6.56. The monoisotopic (exact) mass is 351 g/mol. The summed E-state index contributed by atoms with van der Waals surface area (Å²) in [7, 11) is 0. The second-order valence-electron chi connectivity index (χ2n) is 5.24. The van der Waals surface area contributed by atoms with Gasteiger partial charge in [0.1, 0.15) is 0 Å². The Hall–Kier alpha value is -1.36. The average molecular weight is 352 g/mol. The second kappa shape index (κ2) is 6.82. The number of anilines is 1. The summed E-state index contributed by atoms with van der Waals surface area (Å²) in [5.74, 6) is 0. The van der Waals surface area contributed by atoms with Crippen molar-refractivity contribution in [2.24, 2.45) is 0 Å². The lowest BCUT2D eigenvalue weighted by molar-refractivity contribution is 0.404. The molecule has 1 aromatic heterocycles. The summed E-state index contributed by atoms with van der Waals surface area (Å²) < 4.78 is 0. The van der Waals surface area contributed by atoms with Gasteiger partial charge in [-0.05, 0) is 55.4 Å². The van der Waals surface area contributed by atoms with Gasteiger partial charge in [-0.25, -0.2) is 0 Å². The van der Waals surface area contributed by atoms with Crippen LogP contribution in [0.3, 0.4) is 0 Å². The fraction of sp³-hybridized carbons (Fsp3) is 0.250. The number of thiocarbonyl (C=S) groups is 1. The molecule has 114 valence electrons. The van der Waals surface area contributed by atoms with E-state index in [-0.39, 0.29) is 0 Å². The van der Waals surface area contributed by atoms with Crippen LogP contribution in [0.25, 0.3) is 0 Å². The van der Waals surface area contributed by atoms with Gasteiger partial charge < -0.3 is 10.2 Å². The number of nitrogens with one attached hydrogen (secondary N) is 1. The molecule has 1 fully saturated rings. The lowest BCUT2D eigenvalue weighted by Crippen LogP contribution is -2.36. The van der Waals surface area contributed by atoms with E-state index in [0.717, 1.165) is 24.2 Å². The molecule has 0 aliphatic heterocycles. The normalized spacial score (nSPS) is 13.7. The molecule has 22 heavy (non-hydrogen) atoms. The molecule has 1 heterocycles. The molecule has 1 aliphatic carbocycles. The summed E-state index contributed by atoms with van der Waals surface area (Å²) in [5, 5.41) is 4.97. The molecule has 2 aromatic rings. The highest BCUT2D eigenvalue weighted by molar-refractivity contribution is 7.80. The highest BCUT2D eigenvalue weighted by Gasteiger charge is 2.31. The van der Waals surface area contributed by atoms with Crippen LogP contribution in [-0.2, 0) is 6.54 Å². The largest absolute Gasteiger partial charge is 0.340 e. The lowest BCUT2D eigenvalue weighted by atomic mass is 10.3. The van der Waals surface area contributed by atoms with Crippen molar-refractivity contribution in [3.63, 3.8) is 0 Å². The standard InChI is InChI=1S/C16H15Cl2N3S/c17-14-7-4-11(9-15(14)18)20-16(22)21(13-5-6-13)10-12-3-1-2-8-19-12/h1-4,7-9,13H,5-6,10H2,(H,20,22). The summed E-state index contributed by atoms with van der Waals surface area (Å²) >= 11 is 17.5. The van der Waals surface area contributed by atoms with Gasteiger partial charge in [-0.3, -0.25) is 4.98 Å². The molecule has 3 nitrogen and oxygen atoms in total. The third kappa shape index (κ3) is 3.88. The van der Waals surface area contributed by atoms with E-state index < -0.39 is 0 Å². The van der Waals surface area contributed by atoms with Crippen molar-refractivity contribution in [2.75, 3.05) is 5.32 Å². The molecule has 1 N–H and O–H groups in total. The first-order valence-corrected chi connectivity index (χ1v) is 8.22. The van der Waals surface area contributed by atoms with E-state index in [1.165, 1.54) is 0 Å². The summed E-state index contributed by atoms with van der Waals surface area (Å²) in [6.07, 6.45) is 4.13. The predicted octanol–water partition coefficient (Wildman–Crippen LogP) is 4.75. The van der Waals surface area contributed by atoms with Gasteiger partial charge in [-0.2, -0.15) is 0 Å². The second-order valence-corrected chi connectivity index (χ2v) is 6.44. The van der Waals surface area contributed by atoms with Gasteiger partial charge in [0.05, 0.1) is 22.3 Å². The van der Waals surface area contributed by atoms with Crippen LogP contribution in [0.4, 0.5) is 5.69 Å². The van der Waals surface area contributed by atoms with E-state index in [2.05, 4.69) is 15.2 Å². The molecule has 0 amide bonds. The lowest BCUT2D eigenvalue weighted by Gasteiger charge is -2.25. The number of pyridine rings is 1. The molecule has 0 saturated heterocycles. The van der Waals surface area contributed by atoms with E-state index in [9.17, 15) is 0 Å². The zero-order chi connectivity index (χ0) is 15.5. The Morgan fingerprint density at radius 1 is 1.23 bits per heavy atom. The maximum absolute atomic E-state index is 6.04. The first kappa shape index (κ1) is 15.5. The minimum absolute atomic E-state index is 0.491. The van der Waals surface area contributed by atoms with Crippen molar-refractivity contribution in [3.05, 3.63) is 58.3 Å². The van der Waals surface area contributed by atoms with Gasteiger partial charge in [0, 0.05) is 17.9 Å². The number of aromatic nitrogens is 1. The summed E-state index contributed by atoms with van der Waals surface area (Å²) in [6, 6.07) is 11.8. The highest BCUT2D eigenvalue weighted by Crippen LogP contribution is 2.30. The Morgan fingerprint density at radius 3 is 2.68 bits per heavy atom. The summed E-state index contributed by atoms with van der Waals surface area (Å²) in [6.45, 7) is 0.707. The molecule has 0 radical (unpaired) electrons. The minimum atomic E-state index is 0.491. The van der Waals surface area contributed by atoms with Crippen molar-refractivity contribution in [1.29, 1.82) is 0 Å². The van der Waals surface area contributed by atoms with Crippen molar-refractivity contribution in [2.45, 2.75) is 25.4 Å². The van der Waals surface area contributed by atoms with E-state index >= 15 is 0 Å². The van der Waals surface area contributed by atoms with Crippen LogP contribution in [0.15, 0.2) is 42.6 Å². The Balaban J connectivity index is 1.71. The molecule has 0 spiro atoms. The van der Waals surface area contributed by atoms with E-state index in [0.29, 0.717) is 27.7 Å². The van der Waals surface area contributed by atoms with Crippen LogP contribution in [-0.4, -0.2) is 21.0 Å². The Morgan fingerprint density at radius 2 is 2.05 bits per heavy atom. The molecular weight excluding hydrogens is 337 g/mol. The Kier molecular flexibility index (Phi) is 4.81. The van der Waals surface area contributed by atoms with E-state index in [1.807, 2.05) is 24.3 Å². The molecular formula is C16H15Cl2N3S. The van der Waals surface area contributed by atoms with Crippen molar-refractivity contribution < 1.29 is 0 Å². The molecule has 6 heteroatoms. The topological polar surface area (TPSA) is 28.2 Å². The van der Waals surface area contributed by atoms with E-state index in [4.69, 9.17) is 35.4 Å². The van der Waals surface area contributed by atoms with Gasteiger partial charge in [0.25, 0.3) is 0 Å². The van der Waals surface area contributed by atoms with Crippen LogP contribution in [0.1, 0.15) is 18.5 Å². The first-order valence-electron chi connectivity index (χ1n) is 7.06. The van der Waals surface area contributed by atoms with Crippen LogP contribution < -0.4 is 5.32 Å². The molecule has 0 atom stereocenters. The minimum Gasteiger partial charge on any atom is -0.340 e. The maximum atomic E-state index is 6.04. The number of benzene rings is 1. The highest BCUT2D eigenvalue weighted by atomic mass is 35.5. The van der Waals surface area contributed by atoms with Gasteiger partial charge in [-0.15, -0.1) is 0 Å². The van der Waals surface area contributed by atoms with Crippen LogP contribution in [0.5, 0.6) is 0 Å². The van der Waals surface area contributed by atoms with E-state index in [1.54, 1.807) is 18.3 Å². The smallest absolute Gasteiger partial charge is 0.174 e.